The van der Waals surface area contributed by atoms with Gasteiger partial charge in [-0.05, 0) is 11.1 Å². The van der Waals surface area contributed by atoms with Crippen molar-refractivity contribution in [1.82, 2.24) is 0 Å². The molecule has 4 atom stereocenters. The molecule has 2 aromatic carbocycles. The number of hydrogen-bond acceptors (Lipinski definition) is 6. The van der Waals surface area contributed by atoms with E-state index in [0.29, 0.717) is 0 Å². The predicted molar refractivity (Wildman–Crippen MR) is 96.4 cm³/mol. The van der Waals surface area contributed by atoms with Gasteiger partial charge in [0.1, 0.15) is 30.0 Å². The summed E-state index contributed by atoms with van der Waals surface area (Å²) in [6.45, 7) is -0.777. The van der Waals surface area contributed by atoms with Gasteiger partial charge in [0.2, 0.25) is 0 Å². The molecular weight excluding hydrogens is 336 g/mol. The average molecular weight is 362 g/mol. The van der Waals surface area contributed by atoms with Crippen LogP contribution in [0.25, 0.3) is 0 Å². The molecule has 0 aliphatic rings. The summed E-state index contributed by atoms with van der Waals surface area (Å²) in [5.41, 5.74) is -0.304. The van der Waals surface area contributed by atoms with Crippen LogP contribution in [0, 0.1) is 0 Å². The van der Waals surface area contributed by atoms with Gasteiger partial charge in [-0.2, -0.15) is 0 Å². The van der Waals surface area contributed by atoms with Crippen molar-refractivity contribution >= 4 is 0 Å². The summed E-state index contributed by atoms with van der Waals surface area (Å²) in [6, 6.07) is 18.0. The standard InChI is InChI=1S/C20H26O6/c21-13-16(22)17(23)18(24)19(25)20(26,11-14-7-3-1-4-8-14)12-15-9-5-2-6-10-15/h1-10,16-19,21-26H,11-13H2/t16-,17-,18+,19-/m1/s1. The van der Waals surface area contributed by atoms with E-state index in [9.17, 15) is 25.5 Å². The zero-order chi connectivity index (χ0) is 19.2. The molecular formula is C20H26O6. The summed E-state index contributed by atoms with van der Waals surface area (Å²) in [5.74, 6) is 0. The minimum atomic E-state index is -1.84. The van der Waals surface area contributed by atoms with E-state index in [2.05, 4.69) is 0 Å². The van der Waals surface area contributed by atoms with Crippen molar-refractivity contribution in [3.63, 3.8) is 0 Å². The van der Waals surface area contributed by atoms with Gasteiger partial charge in [0.15, 0.2) is 0 Å². The normalized spacial score (nSPS) is 16.7. The van der Waals surface area contributed by atoms with Crippen LogP contribution in [0.5, 0.6) is 0 Å². The summed E-state index contributed by atoms with van der Waals surface area (Å²) in [4.78, 5) is 0. The van der Waals surface area contributed by atoms with Crippen LogP contribution in [-0.4, -0.2) is 67.3 Å². The van der Waals surface area contributed by atoms with Gasteiger partial charge in [0.25, 0.3) is 0 Å². The summed E-state index contributed by atoms with van der Waals surface area (Å²) in [5, 5.41) is 60.5. The lowest BCUT2D eigenvalue weighted by Gasteiger charge is -2.38. The highest BCUT2D eigenvalue weighted by Crippen LogP contribution is 2.26. The summed E-state index contributed by atoms with van der Waals surface area (Å²) >= 11 is 0. The van der Waals surface area contributed by atoms with Gasteiger partial charge in [-0.3, -0.25) is 0 Å². The Morgan fingerprint density at radius 2 is 1.12 bits per heavy atom. The second-order valence-corrected chi connectivity index (χ2v) is 6.60. The van der Waals surface area contributed by atoms with Crippen molar-refractivity contribution < 1.29 is 30.6 Å². The topological polar surface area (TPSA) is 121 Å². The van der Waals surface area contributed by atoms with Crippen LogP contribution < -0.4 is 0 Å². The Morgan fingerprint density at radius 1 is 0.692 bits per heavy atom. The summed E-state index contributed by atoms with van der Waals surface area (Å²) in [6.07, 6.45) is -6.95. The molecule has 0 bridgehead atoms. The molecule has 6 nitrogen and oxygen atoms in total. The third kappa shape index (κ3) is 5.11. The van der Waals surface area contributed by atoms with Crippen molar-refractivity contribution in [1.29, 1.82) is 0 Å². The average Bonchev–Trinajstić information content (AvgIpc) is 2.67. The highest BCUT2D eigenvalue weighted by Gasteiger charge is 2.44. The van der Waals surface area contributed by atoms with Crippen molar-refractivity contribution in [2.75, 3.05) is 6.61 Å². The quantitative estimate of drug-likeness (QED) is 0.362. The van der Waals surface area contributed by atoms with E-state index in [4.69, 9.17) is 5.11 Å². The first-order chi connectivity index (χ1) is 12.4. The second-order valence-electron chi connectivity index (χ2n) is 6.60. The molecule has 0 saturated heterocycles. The molecule has 0 unspecified atom stereocenters. The molecule has 6 N–H and O–H groups in total. The molecule has 0 aliphatic carbocycles. The Balaban J connectivity index is 2.29. The lowest BCUT2D eigenvalue weighted by atomic mass is 9.79. The first-order valence-electron chi connectivity index (χ1n) is 8.51. The van der Waals surface area contributed by atoms with Gasteiger partial charge >= 0.3 is 0 Å². The van der Waals surface area contributed by atoms with Crippen molar-refractivity contribution in [2.24, 2.45) is 0 Å². The van der Waals surface area contributed by atoms with Crippen LogP contribution in [0.3, 0.4) is 0 Å². The molecule has 2 rings (SSSR count). The molecule has 0 saturated carbocycles. The molecule has 0 aromatic heterocycles. The zero-order valence-corrected chi connectivity index (χ0v) is 14.4. The fourth-order valence-electron chi connectivity index (χ4n) is 3.01. The summed E-state index contributed by atoms with van der Waals surface area (Å²) in [7, 11) is 0. The molecule has 2 aromatic rings. The third-order valence-electron chi connectivity index (χ3n) is 4.51. The molecule has 0 heterocycles. The van der Waals surface area contributed by atoms with E-state index in [0.717, 1.165) is 11.1 Å². The van der Waals surface area contributed by atoms with Gasteiger partial charge in [-0.1, -0.05) is 60.7 Å². The molecule has 26 heavy (non-hydrogen) atoms. The minimum Gasteiger partial charge on any atom is -0.394 e. The van der Waals surface area contributed by atoms with Gasteiger partial charge in [0, 0.05) is 12.8 Å². The van der Waals surface area contributed by atoms with Crippen LogP contribution in [0.15, 0.2) is 60.7 Å². The van der Waals surface area contributed by atoms with Crippen molar-refractivity contribution in [3.05, 3.63) is 71.8 Å². The number of benzene rings is 2. The van der Waals surface area contributed by atoms with Gasteiger partial charge in [-0.15, -0.1) is 0 Å². The minimum absolute atomic E-state index is 0.0307. The molecule has 6 heteroatoms. The van der Waals surface area contributed by atoms with E-state index in [1.54, 1.807) is 48.5 Å². The van der Waals surface area contributed by atoms with Gasteiger partial charge in [0.05, 0.1) is 6.61 Å². The number of rotatable bonds is 9. The van der Waals surface area contributed by atoms with Crippen LogP contribution in [0.4, 0.5) is 0 Å². The monoisotopic (exact) mass is 362 g/mol. The maximum absolute atomic E-state index is 11.2. The predicted octanol–water partition coefficient (Wildman–Crippen LogP) is -0.361. The van der Waals surface area contributed by atoms with E-state index < -0.39 is 36.6 Å². The van der Waals surface area contributed by atoms with Gasteiger partial charge < -0.3 is 30.6 Å². The number of aliphatic hydroxyl groups excluding tert-OH is 5. The SMILES string of the molecule is OC[C@@H](O)[C@@H](O)[C@H](O)[C@@H](O)C(O)(Cc1ccccc1)Cc1ccccc1. The zero-order valence-electron chi connectivity index (χ0n) is 14.4. The van der Waals surface area contributed by atoms with E-state index in [1.165, 1.54) is 0 Å². The van der Waals surface area contributed by atoms with Crippen molar-refractivity contribution in [2.45, 2.75) is 42.9 Å². The fourth-order valence-corrected chi connectivity index (χ4v) is 3.01. The van der Waals surface area contributed by atoms with E-state index in [1.807, 2.05) is 12.1 Å². The van der Waals surface area contributed by atoms with Gasteiger partial charge in [-0.25, -0.2) is 0 Å². The van der Waals surface area contributed by atoms with Crippen LogP contribution in [0.1, 0.15) is 11.1 Å². The number of hydrogen-bond donors (Lipinski definition) is 6. The Kier molecular flexibility index (Phi) is 7.28. The lowest BCUT2D eigenvalue weighted by Crippen LogP contribution is -2.57. The maximum atomic E-state index is 11.2. The Labute approximate surface area is 152 Å². The van der Waals surface area contributed by atoms with Crippen LogP contribution >= 0.6 is 0 Å². The maximum Gasteiger partial charge on any atom is 0.112 e. The van der Waals surface area contributed by atoms with Crippen molar-refractivity contribution in [3.8, 4) is 0 Å². The highest BCUT2D eigenvalue weighted by atomic mass is 16.4. The lowest BCUT2D eigenvalue weighted by molar-refractivity contribution is -0.172. The van der Waals surface area contributed by atoms with Crippen LogP contribution in [-0.2, 0) is 12.8 Å². The smallest absolute Gasteiger partial charge is 0.112 e. The molecule has 0 aliphatic heterocycles. The summed E-state index contributed by atoms with van der Waals surface area (Å²) < 4.78 is 0. The Bertz CT molecular complexity index is 606. The third-order valence-corrected chi connectivity index (χ3v) is 4.51. The van der Waals surface area contributed by atoms with E-state index >= 15 is 0 Å². The molecule has 142 valence electrons. The van der Waals surface area contributed by atoms with E-state index in [-0.39, 0.29) is 12.8 Å². The van der Waals surface area contributed by atoms with Crippen LogP contribution in [0.2, 0.25) is 0 Å². The number of aliphatic hydroxyl groups is 6. The molecule has 0 spiro atoms. The first-order valence-corrected chi connectivity index (χ1v) is 8.51. The fraction of sp³-hybridized carbons (Fsp3) is 0.400. The Morgan fingerprint density at radius 3 is 1.50 bits per heavy atom. The molecule has 0 fully saturated rings. The molecule has 0 amide bonds. The highest BCUT2D eigenvalue weighted by molar-refractivity contribution is 5.23. The largest absolute Gasteiger partial charge is 0.394 e. The molecule has 0 radical (unpaired) electrons. The first kappa shape index (κ1) is 20.5. The Hall–Kier alpha value is -1.80. The second kappa shape index (κ2) is 9.23.